The van der Waals surface area contributed by atoms with Crippen molar-refractivity contribution in [3.8, 4) is 0 Å². The molecule has 1 saturated heterocycles. The zero-order valence-corrected chi connectivity index (χ0v) is 12.9. The van der Waals surface area contributed by atoms with Gasteiger partial charge in [0.15, 0.2) is 0 Å². The van der Waals surface area contributed by atoms with E-state index in [1.165, 1.54) is 37.7 Å². The minimum atomic E-state index is -0.0222. The molecule has 21 heavy (non-hydrogen) atoms. The molecule has 112 valence electrons. The number of likely N-dealkylation sites (tertiary alicyclic amines) is 1. The van der Waals surface area contributed by atoms with Crippen molar-refractivity contribution in [1.29, 1.82) is 0 Å². The Morgan fingerprint density at radius 3 is 2.86 bits per heavy atom. The number of carbonyl (C=O) groups is 1. The Balaban J connectivity index is 1.41. The van der Waals surface area contributed by atoms with E-state index < -0.39 is 0 Å². The summed E-state index contributed by atoms with van der Waals surface area (Å²) in [7, 11) is 0. The van der Waals surface area contributed by atoms with E-state index in [0.29, 0.717) is 5.56 Å². The molecule has 1 aromatic heterocycles. The molecular weight excluding hydrogens is 284 g/mol. The summed E-state index contributed by atoms with van der Waals surface area (Å²) in [6.45, 7) is 4.38. The molecule has 1 aliphatic heterocycles. The Kier molecular flexibility index (Phi) is 4.77. The van der Waals surface area contributed by atoms with E-state index in [-0.39, 0.29) is 5.91 Å². The number of amides is 1. The van der Waals surface area contributed by atoms with E-state index in [9.17, 15) is 4.79 Å². The lowest BCUT2D eigenvalue weighted by Gasteiger charge is -2.14. The van der Waals surface area contributed by atoms with Crippen LogP contribution >= 0.6 is 11.7 Å². The first kappa shape index (κ1) is 14.4. The van der Waals surface area contributed by atoms with Crippen LogP contribution in [-0.4, -0.2) is 45.7 Å². The third kappa shape index (κ3) is 3.77. The summed E-state index contributed by atoms with van der Waals surface area (Å²) in [6, 6.07) is 5.46. The van der Waals surface area contributed by atoms with Crippen LogP contribution in [0.3, 0.4) is 0 Å². The molecule has 2 heterocycles. The second-order valence-electron chi connectivity index (χ2n) is 5.48. The third-order valence-corrected chi connectivity index (χ3v) is 4.46. The van der Waals surface area contributed by atoms with Crippen molar-refractivity contribution in [2.45, 2.75) is 25.7 Å². The topological polar surface area (TPSA) is 58.1 Å². The van der Waals surface area contributed by atoms with Gasteiger partial charge >= 0.3 is 0 Å². The van der Waals surface area contributed by atoms with Crippen LogP contribution in [0.5, 0.6) is 0 Å². The van der Waals surface area contributed by atoms with Crippen LogP contribution in [0.4, 0.5) is 0 Å². The maximum atomic E-state index is 12.1. The van der Waals surface area contributed by atoms with Crippen molar-refractivity contribution >= 4 is 28.7 Å². The van der Waals surface area contributed by atoms with E-state index in [2.05, 4.69) is 19.0 Å². The molecule has 0 spiro atoms. The molecule has 3 rings (SSSR count). The van der Waals surface area contributed by atoms with Gasteiger partial charge in [0, 0.05) is 12.1 Å². The zero-order valence-electron chi connectivity index (χ0n) is 12.0. The Morgan fingerprint density at radius 2 is 2.00 bits per heavy atom. The number of benzene rings is 1. The number of hydrogen-bond donors (Lipinski definition) is 1. The van der Waals surface area contributed by atoms with Crippen molar-refractivity contribution in [3.63, 3.8) is 0 Å². The predicted molar refractivity (Wildman–Crippen MR) is 84.7 cm³/mol. The first-order chi connectivity index (χ1) is 10.3. The average Bonchev–Trinajstić information content (AvgIpc) is 3.17. The summed E-state index contributed by atoms with van der Waals surface area (Å²) in [5.41, 5.74) is 2.30. The van der Waals surface area contributed by atoms with Gasteiger partial charge in [0.1, 0.15) is 11.0 Å². The highest BCUT2D eigenvalue weighted by Crippen LogP contribution is 2.13. The van der Waals surface area contributed by atoms with Gasteiger partial charge in [-0.3, -0.25) is 4.79 Å². The SMILES string of the molecule is O=C(NCCCCN1CCCC1)c1ccc2nsnc2c1. The molecule has 0 atom stereocenters. The molecule has 0 bridgehead atoms. The zero-order chi connectivity index (χ0) is 14.5. The molecule has 0 unspecified atom stereocenters. The van der Waals surface area contributed by atoms with Crippen LogP contribution < -0.4 is 5.32 Å². The lowest BCUT2D eigenvalue weighted by atomic mass is 10.2. The first-order valence-electron chi connectivity index (χ1n) is 7.56. The molecule has 2 aromatic rings. The van der Waals surface area contributed by atoms with Gasteiger partial charge in [-0.15, -0.1) is 0 Å². The highest BCUT2D eigenvalue weighted by Gasteiger charge is 2.11. The Morgan fingerprint density at radius 1 is 1.19 bits per heavy atom. The van der Waals surface area contributed by atoms with Crippen molar-refractivity contribution < 1.29 is 4.79 Å². The first-order valence-corrected chi connectivity index (χ1v) is 8.29. The molecule has 1 aromatic carbocycles. The molecule has 1 aliphatic rings. The number of nitrogens with one attached hydrogen (secondary N) is 1. The fourth-order valence-corrected chi connectivity index (χ4v) is 3.21. The highest BCUT2D eigenvalue weighted by molar-refractivity contribution is 7.00. The van der Waals surface area contributed by atoms with Crippen molar-refractivity contribution in [3.05, 3.63) is 23.8 Å². The monoisotopic (exact) mass is 304 g/mol. The molecule has 0 aliphatic carbocycles. The summed E-state index contributed by atoms with van der Waals surface area (Å²) >= 11 is 1.17. The molecule has 1 fully saturated rings. The fraction of sp³-hybridized carbons (Fsp3) is 0.533. The number of fused-ring (bicyclic) bond motifs is 1. The normalized spacial score (nSPS) is 15.6. The lowest BCUT2D eigenvalue weighted by molar-refractivity contribution is 0.0953. The van der Waals surface area contributed by atoms with Crippen LogP contribution in [0.25, 0.3) is 11.0 Å². The maximum Gasteiger partial charge on any atom is 0.251 e. The van der Waals surface area contributed by atoms with Crippen molar-refractivity contribution in [1.82, 2.24) is 19.0 Å². The van der Waals surface area contributed by atoms with Crippen LogP contribution in [0.1, 0.15) is 36.0 Å². The molecule has 0 saturated carbocycles. The van der Waals surface area contributed by atoms with Gasteiger partial charge in [0.25, 0.3) is 5.91 Å². The van der Waals surface area contributed by atoms with Gasteiger partial charge in [-0.2, -0.15) is 8.75 Å². The van der Waals surface area contributed by atoms with Crippen molar-refractivity contribution in [2.75, 3.05) is 26.2 Å². The number of nitrogens with zero attached hydrogens (tertiary/aromatic N) is 3. The molecule has 0 radical (unpaired) electrons. The number of hydrogen-bond acceptors (Lipinski definition) is 5. The molecule has 5 nitrogen and oxygen atoms in total. The van der Waals surface area contributed by atoms with Gasteiger partial charge in [-0.05, 0) is 63.5 Å². The molecular formula is C15H20N4OS. The Bertz CT molecular complexity index is 606. The minimum Gasteiger partial charge on any atom is -0.352 e. The Labute approximate surface area is 128 Å². The number of carbonyl (C=O) groups excluding carboxylic acids is 1. The van der Waals surface area contributed by atoms with Gasteiger partial charge in [-0.25, -0.2) is 0 Å². The average molecular weight is 304 g/mol. The summed E-state index contributed by atoms with van der Waals surface area (Å²) in [6.07, 6.45) is 4.85. The van der Waals surface area contributed by atoms with Gasteiger partial charge in [-0.1, -0.05) is 0 Å². The largest absolute Gasteiger partial charge is 0.352 e. The van der Waals surface area contributed by atoms with E-state index in [1.807, 2.05) is 12.1 Å². The van der Waals surface area contributed by atoms with Crippen LogP contribution in [0, 0.1) is 0 Å². The number of rotatable bonds is 6. The Hall–Kier alpha value is -1.53. The van der Waals surface area contributed by atoms with E-state index in [0.717, 1.165) is 37.0 Å². The van der Waals surface area contributed by atoms with E-state index in [1.54, 1.807) is 6.07 Å². The number of unbranched alkanes of at least 4 members (excludes halogenated alkanes) is 1. The second kappa shape index (κ2) is 6.95. The predicted octanol–water partition coefficient (Wildman–Crippen LogP) is 2.30. The number of aromatic nitrogens is 2. The standard InChI is InChI=1S/C15H20N4OS/c20-15(12-5-6-13-14(11-12)18-21-17-13)16-7-1-2-8-19-9-3-4-10-19/h5-6,11H,1-4,7-10H2,(H,16,20). The highest BCUT2D eigenvalue weighted by atomic mass is 32.1. The van der Waals surface area contributed by atoms with E-state index in [4.69, 9.17) is 0 Å². The second-order valence-corrected chi connectivity index (χ2v) is 6.01. The summed E-state index contributed by atoms with van der Waals surface area (Å²) in [5, 5.41) is 2.98. The van der Waals surface area contributed by atoms with Crippen LogP contribution in [0.15, 0.2) is 18.2 Å². The minimum absolute atomic E-state index is 0.0222. The summed E-state index contributed by atoms with van der Waals surface area (Å²) < 4.78 is 8.30. The van der Waals surface area contributed by atoms with Gasteiger partial charge < -0.3 is 10.2 Å². The maximum absolute atomic E-state index is 12.1. The fourth-order valence-electron chi connectivity index (χ4n) is 2.69. The smallest absolute Gasteiger partial charge is 0.251 e. The van der Waals surface area contributed by atoms with Crippen LogP contribution in [-0.2, 0) is 0 Å². The summed E-state index contributed by atoms with van der Waals surface area (Å²) in [5.74, 6) is -0.0222. The quantitative estimate of drug-likeness (QED) is 0.832. The van der Waals surface area contributed by atoms with E-state index >= 15 is 0 Å². The van der Waals surface area contributed by atoms with Crippen molar-refractivity contribution in [2.24, 2.45) is 0 Å². The lowest BCUT2D eigenvalue weighted by Crippen LogP contribution is -2.26. The van der Waals surface area contributed by atoms with Crippen LogP contribution in [0.2, 0.25) is 0 Å². The molecule has 1 N–H and O–H groups in total. The van der Waals surface area contributed by atoms with Gasteiger partial charge in [0.05, 0.1) is 11.7 Å². The summed E-state index contributed by atoms with van der Waals surface area (Å²) in [4.78, 5) is 14.6. The molecule has 6 heteroatoms. The third-order valence-electron chi connectivity index (χ3n) is 3.90. The van der Waals surface area contributed by atoms with Gasteiger partial charge in [0.2, 0.25) is 0 Å². The molecule has 1 amide bonds.